The van der Waals surface area contributed by atoms with E-state index in [2.05, 4.69) is 9.97 Å². The third kappa shape index (κ3) is 2.91. The number of carbonyl (C=O) groups excluding carboxylic acids is 1. The molecule has 0 unspecified atom stereocenters. The monoisotopic (exact) mass is 309 g/mol. The number of esters is 1. The predicted molar refractivity (Wildman–Crippen MR) is 85.1 cm³/mol. The molecule has 0 aliphatic carbocycles. The van der Waals surface area contributed by atoms with Crippen LogP contribution in [0.1, 0.15) is 15.9 Å². The van der Waals surface area contributed by atoms with Gasteiger partial charge in [-0.05, 0) is 36.8 Å². The molecule has 0 bridgehead atoms. The Kier molecular flexibility index (Phi) is 4.05. The van der Waals surface area contributed by atoms with Crippen LogP contribution >= 0.6 is 0 Å². The fraction of sp³-hybridized carbons (Fsp3) is 0.118. The second-order valence-corrected chi connectivity index (χ2v) is 4.85. The molecule has 2 heterocycles. The number of aromatic nitrogens is 2. The van der Waals surface area contributed by atoms with Crippen LogP contribution in [0.4, 0.5) is 17.4 Å². The molecular weight excluding hydrogens is 294 g/mol. The lowest BCUT2D eigenvalue weighted by Crippen LogP contribution is -2.13. The molecule has 6 nitrogen and oxygen atoms in total. The second-order valence-electron chi connectivity index (χ2n) is 4.85. The Morgan fingerprint density at radius 2 is 1.96 bits per heavy atom. The minimum absolute atomic E-state index is 0.395. The van der Waals surface area contributed by atoms with Gasteiger partial charge < -0.3 is 9.15 Å². The molecule has 1 aromatic carbocycles. The summed E-state index contributed by atoms with van der Waals surface area (Å²) < 4.78 is 10.3. The van der Waals surface area contributed by atoms with Crippen LogP contribution in [0.2, 0.25) is 0 Å². The quantitative estimate of drug-likeness (QED) is 0.685. The molecule has 2 aromatic heterocycles. The first-order chi connectivity index (χ1) is 11.2. The number of rotatable bonds is 4. The minimum atomic E-state index is -0.395. The summed E-state index contributed by atoms with van der Waals surface area (Å²) in [6, 6.07) is 9.43. The molecular formula is C17H15N3O3. The van der Waals surface area contributed by atoms with Crippen molar-refractivity contribution in [2.45, 2.75) is 6.92 Å². The summed E-state index contributed by atoms with van der Waals surface area (Å²) in [5, 5.41) is 0. The van der Waals surface area contributed by atoms with Crippen molar-refractivity contribution in [1.29, 1.82) is 0 Å². The number of oxazole rings is 1. The zero-order chi connectivity index (χ0) is 16.2. The first-order valence-electron chi connectivity index (χ1n) is 6.99. The van der Waals surface area contributed by atoms with Crippen LogP contribution < -0.4 is 4.90 Å². The zero-order valence-corrected chi connectivity index (χ0v) is 12.8. The molecule has 0 aliphatic rings. The van der Waals surface area contributed by atoms with Crippen LogP contribution in [-0.4, -0.2) is 23.0 Å². The highest BCUT2D eigenvalue weighted by Crippen LogP contribution is 2.35. The number of anilines is 3. The van der Waals surface area contributed by atoms with Crippen LogP contribution in [0.15, 0.2) is 59.6 Å². The number of hydrogen-bond acceptors (Lipinski definition) is 6. The summed E-state index contributed by atoms with van der Waals surface area (Å²) in [4.78, 5) is 21.9. The number of nitrogens with zero attached hydrogens (tertiary/aromatic N) is 3. The van der Waals surface area contributed by atoms with E-state index in [9.17, 15) is 4.79 Å². The van der Waals surface area contributed by atoms with Crippen molar-refractivity contribution in [2.24, 2.45) is 0 Å². The maximum atomic E-state index is 11.8. The van der Waals surface area contributed by atoms with Crippen molar-refractivity contribution in [3.63, 3.8) is 0 Å². The van der Waals surface area contributed by atoms with E-state index in [1.807, 2.05) is 30.0 Å². The lowest BCUT2D eigenvalue weighted by Gasteiger charge is -2.23. The van der Waals surface area contributed by atoms with Gasteiger partial charge in [0, 0.05) is 12.4 Å². The van der Waals surface area contributed by atoms with Gasteiger partial charge in [0.05, 0.1) is 30.2 Å². The highest BCUT2D eigenvalue weighted by atomic mass is 16.5. The summed E-state index contributed by atoms with van der Waals surface area (Å²) in [6.07, 6.45) is 6.45. The summed E-state index contributed by atoms with van der Waals surface area (Å²) in [7, 11) is 1.36. The average molecular weight is 309 g/mol. The molecule has 0 radical (unpaired) electrons. The minimum Gasteiger partial charge on any atom is -0.465 e. The molecule has 0 amide bonds. The number of hydrogen-bond donors (Lipinski definition) is 0. The largest absolute Gasteiger partial charge is 0.465 e. The lowest BCUT2D eigenvalue weighted by molar-refractivity contribution is 0.0601. The fourth-order valence-electron chi connectivity index (χ4n) is 2.27. The Bertz CT molecular complexity index is 801. The van der Waals surface area contributed by atoms with E-state index in [1.165, 1.54) is 13.4 Å². The molecule has 3 rings (SSSR count). The molecule has 0 aliphatic heterocycles. The topological polar surface area (TPSA) is 68.5 Å². The Morgan fingerprint density at radius 3 is 2.61 bits per heavy atom. The van der Waals surface area contributed by atoms with Crippen LogP contribution in [0.25, 0.3) is 0 Å². The smallest absolute Gasteiger partial charge is 0.337 e. The van der Waals surface area contributed by atoms with Gasteiger partial charge in [-0.2, -0.15) is 0 Å². The Hall–Kier alpha value is -3.15. The van der Waals surface area contributed by atoms with E-state index < -0.39 is 5.97 Å². The first kappa shape index (κ1) is 14.8. The van der Waals surface area contributed by atoms with E-state index in [0.717, 1.165) is 16.9 Å². The average Bonchev–Trinajstić information content (AvgIpc) is 3.11. The number of methoxy groups -OCH3 is 1. The van der Waals surface area contributed by atoms with Crippen molar-refractivity contribution in [2.75, 3.05) is 12.0 Å². The van der Waals surface area contributed by atoms with Crippen LogP contribution in [0, 0.1) is 6.92 Å². The standard InChI is InChI=1S/C17H15N3O3/c1-12-3-4-13(16(21)22-2)11-15(12)20(17-19-9-10-23-17)14-5-7-18-8-6-14/h3-11H,1-2H3. The third-order valence-corrected chi connectivity index (χ3v) is 3.40. The summed E-state index contributed by atoms with van der Waals surface area (Å²) in [6.45, 7) is 1.95. The van der Waals surface area contributed by atoms with Gasteiger partial charge >= 0.3 is 12.0 Å². The van der Waals surface area contributed by atoms with Crippen molar-refractivity contribution in [3.8, 4) is 0 Å². The summed E-state index contributed by atoms with van der Waals surface area (Å²) in [5.74, 6) is -0.395. The molecule has 23 heavy (non-hydrogen) atoms. The van der Waals surface area contributed by atoms with Gasteiger partial charge in [0.2, 0.25) is 0 Å². The van der Waals surface area contributed by atoms with Crippen molar-refractivity contribution >= 4 is 23.4 Å². The molecule has 0 saturated heterocycles. The highest BCUT2D eigenvalue weighted by molar-refractivity contribution is 5.91. The summed E-state index contributed by atoms with van der Waals surface area (Å²) >= 11 is 0. The van der Waals surface area contributed by atoms with Gasteiger partial charge in [0.15, 0.2) is 0 Å². The molecule has 3 aromatic rings. The third-order valence-electron chi connectivity index (χ3n) is 3.40. The van der Waals surface area contributed by atoms with Gasteiger partial charge in [-0.15, -0.1) is 0 Å². The number of ether oxygens (including phenoxy) is 1. The fourth-order valence-corrected chi connectivity index (χ4v) is 2.27. The first-order valence-corrected chi connectivity index (χ1v) is 6.99. The van der Waals surface area contributed by atoms with Gasteiger partial charge in [0.25, 0.3) is 0 Å². The molecule has 6 heteroatoms. The number of carbonyl (C=O) groups is 1. The van der Waals surface area contributed by atoms with Crippen LogP contribution in [0.3, 0.4) is 0 Å². The highest BCUT2D eigenvalue weighted by Gasteiger charge is 2.20. The van der Waals surface area contributed by atoms with Crippen molar-refractivity contribution < 1.29 is 13.9 Å². The van der Waals surface area contributed by atoms with E-state index in [1.54, 1.807) is 30.7 Å². The van der Waals surface area contributed by atoms with Crippen LogP contribution in [-0.2, 0) is 4.74 Å². The number of pyridine rings is 1. The molecule has 0 atom stereocenters. The zero-order valence-electron chi connectivity index (χ0n) is 12.8. The molecule has 0 N–H and O–H groups in total. The van der Waals surface area contributed by atoms with E-state index in [4.69, 9.17) is 9.15 Å². The molecule has 0 saturated carbocycles. The number of aryl methyl sites for hydroxylation is 1. The van der Waals surface area contributed by atoms with E-state index in [-0.39, 0.29) is 0 Å². The normalized spacial score (nSPS) is 10.3. The van der Waals surface area contributed by atoms with Gasteiger partial charge in [-0.3, -0.25) is 9.88 Å². The number of benzene rings is 1. The van der Waals surface area contributed by atoms with Crippen molar-refractivity contribution in [1.82, 2.24) is 9.97 Å². The predicted octanol–water partition coefficient (Wildman–Crippen LogP) is 3.63. The molecule has 0 fully saturated rings. The van der Waals surface area contributed by atoms with E-state index >= 15 is 0 Å². The summed E-state index contributed by atoms with van der Waals surface area (Å²) in [5.41, 5.74) is 3.03. The van der Waals surface area contributed by atoms with E-state index in [0.29, 0.717) is 11.6 Å². The molecule has 116 valence electrons. The SMILES string of the molecule is COC(=O)c1ccc(C)c(N(c2ccncc2)c2ncco2)c1. The Morgan fingerprint density at radius 1 is 1.17 bits per heavy atom. The van der Waals surface area contributed by atoms with Gasteiger partial charge in [0.1, 0.15) is 6.26 Å². The Balaban J connectivity index is 2.16. The van der Waals surface area contributed by atoms with Crippen LogP contribution in [0.5, 0.6) is 0 Å². The molecule has 0 spiro atoms. The maximum Gasteiger partial charge on any atom is 0.337 e. The van der Waals surface area contributed by atoms with Gasteiger partial charge in [-0.1, -0.05) is 6.07 Å². The second kappa shape index (κ2) is 6.31. The van der Waals surface area contributed by atoms with Gasteiger partial charge in [-0.25, -0.2) is 9.78 Å². The lowest BCUT2D eigenvalue weighted by atomic mass is 10.1. The van der Waals surface area contributed by atoms with Crippen molar-refractivity contribution in [3.05, 3.63) is 66.3 Å². The Labute approximate surface area is 133 Å². The maximum absolute atomic E-state index is 11.8.